The number of benzene rings is 1. The summed E-state index contributed by atoms with van der Waals surface area (Å²) in [6.07, 6.45) is 0.660. The lowest BCUT2D eigenvalue weighted by Crippen LogP contribution is -2.32. The zero-order valence-corrected chi connectivity index (χ0v) is 10.0. The van der Waals surface area contributed by atoms with Gasteiger partial charge in [0.2, 0.25) is 0 Å². The average molecular weight is 235 g/mol. The number of oxazole rings is 1. The molecule has 1 aromatic carbocycles. The van der Waals surface area contributed by atoms with Crippen LogP contribution in [-0.4, -0.2) is 22.2 Å². The Morgan fingerprint density at radius 1 is 1.53 bits per heavy atom. The first-order valence-corrected chi connectivity index (χ1v) is 5.62. The lowest BCUT2D eigenvalue weighted by molar-refractivity contribution is 0.0692. The summed E-state index contributed by atoms with van der Waals surface area (Å²) in [6.45, 7) is 4.08. The Balaban J connectivity index is 2.15. The van der Waals surface area contributed by atoms with Gasteiger partial charge in [-0.25, -0.2) is 0 Å². The molecule has 0 amide bonds. The highest BCUT2D eigenvalue weighted by Crippen LogP contribution is 2.21. The molecule has 0 fully saturated rings. The third kappa shape index (κ3) is 2.68. The number of nitrogens with zero attached hydrogens (tertiary/aromatic N) is 1. The van der Waals surface area contributed by atoms with Crippen molar-refractivity contribution in [2.45, 2.75) is 25.9 Å². The quantitative estimate of drug-likeness (QED) is 0.706. The van der Waals surface area contributed by atoms with Crippen molar-refractivity contribution in [1.29, 1.82) is 0 Å². The number of nitrogens with two attached hydrogens (primary N) is 1. The van der Waals surface area contributed by atoms with Gasteiger partial charge in [-0.1, -0.05) is 6.92 Å². The summed E-state index contributed by atoms with van der Waals surface area (Å²) >= 11 is 0. The summed E-state index contributed by atoms with van der Waals surface area (Å²) in [7, 11) is 0. The molecule has 1 unspecified atom stereocenters. The van der Waals surface area contributed by atoms with Gasteiger partial charge in [-0.2, -0.15) is 4.98 Å². The van der Waals surface area contributed by atoms with E-state index in [1.165, 1.54) is 0 Å². The topological polar surface area (TPSA) is 84.3 Å². The first-order valence-electron chi connectivity index (χ1n) is 5.62. The Labute approximate surface area is 99.6 Å². The largest absolute Gasteiger partial charge is 0.423 e. The average Bonchev–Trinajstić information content (AvgIpc) is 2.68. The third-order valence-corrected chi connectivity index (χ3v) is 2.79. The highest BCUT2D eigenvalue weighted by atomic mass is 16.4. The fraction of sp³-hybridized carbons (Fsp3) is 0.417. The maximum absolute atomic E-state index is 9.85. The maximum atomic E-state index is 9.85. The summed E-state index contributed by atoms with van der Waals surface area (Å²) in [5, 5.41) is 12.8. The molecule has 0 aliphatic rings. The van der Waals surface area contributed by atoms with Crippen LogP contribution in [0.15, 0.2) is 22.6 Å². The molecule has 1 heterocycles. The van der Waals surface area contributed by atoms with Crippen LogP contribution in [0.3, 0.4) is 0 Å². The van der Waals surface area contributed by atoms with Gasteiger partial charge in [-0.05, 0) is 25.5 Å². The molecule has 0 saturated heterocycles. The van der Waals surface area contributed by atoms with Crippen molar-refractivity contribution in [1.82, 2.24) is 4.98 Å². The fourth-order valence-electron chi connectivity index (χ4n) is 1.41. The Morgan fingerprint density at radius 3 is 3.00 bits per heavy atom. The first-order chi connectivity index (χ1) is 8.00. The minimum absolute atomic E-state index is 0.395. The Morgan fingerprint density at radius 2 is 2.29 bits per heavy atom. The molecule has 4 N–H and O–H groups in total. The van der Waals surface area contributed by atoms with E-state index in [1.807, 2.05) is 6.92 Å². The fourth-order valence-corrected chi connectivity index (χ4v) is 1.41. The van der Waals surface area contributed by atoms with Crippen LogP contribution in [0.4, 0.5) is 11.7 Å². The van der Waals surface area contributed by atoms with Gasteiger partial charge in [-0.3, -0.25) is 0 Å². The molecule has 2 rings (SSSR count). The lowest BCUT2D eigenvalue weighted by atomic mass is 10.0. The van der Waals surface area contributed by atoms with Crippen LogP contribution in [0.25, 0.3) is 11.1 Å². The predicted octanol–water partition coefficient (Wildman–Crippen LogP) is 1.98. The van der Waals surface area contributed by atoms with Crippen LogP contribution < -0.4 is 11.1 Å². The van der Waals surface area contributed by atoms with Crippen molar-refractivity contribution >= 4 is 22.8 Å². The van der Waals surface area contributed by atoms with E-state index >= 15 is 0 Å². The molecule has 92 valence electrons. The molecule has 0 bridgehead atoms. The van der Waals surface area contributed by atoms with Gasteiger partial charge >= 0.3 is 0 Å². The summed E-state index contributed by atoms with van der Waals surface area (Å²) in [5.74, 6) is 0. The van der Waals surface area contributed by atoms with Crippen LogP contribution in [0, 0.1) is 0 Å². The van der Waals surface area contributed by atoms with Crippen molar-refractivity contribution in [3.63, 3.8) is 0 Å². The second-order valence-electron chi connectivity index (χ2n) is 4.45. The first kappa shape index (κ1) is 11.7. The van der Waals surface area contributed by atoms with Gasteiger partial charge in [0.05, 0.1) is 5.60 Å². The molecule has 0 aliphatic carbocycles. The molecule has 2 aromatic rings. The predicted molar refractivity (Wildman–Crippen MR) is 67.8 cm³/mol. The van der Waals surface area contributed by atoms with E-state index in [1.54, 1.807) is 25.1 Å². The van der Waals surface area contributed by atoms with Gasteiger partial charge in [0.25, 0.3) is 6.01 Å². The lowest BCUT2D eigenvalue weighted by Gasteiger charge is -2.20. The standard InChI is InChI=1S/C12H17N3O2/c1-3-12(2,16)7-14-11-15-9-5-4-8(13)6-10(9)17-11/h4-6,16H,3,7,13H2,1-2H3,(H,14,15). The van der Waals surface area contributed by atoms with Gasteiger partial charge in [-0.15, -0.1) is 0 Å². The van der Waals surface area contributed by atoms with E-state index in [0.717, 1.165) is 5.52 Å². The van der Waals surface area contributed by atoms with Crippen LogP contribution in [0.1, 0.15) is 20.3 Å². The monoisotopic (exact) mass is 235 g/mol. The van der Waals surface area contributed by atoms with E-state index in [9.17, 15) is 5.11 Å². The second-order valence-corrected chi connectivity index (χ2v) is 4.45. The molecule has 0 spiro atoms. The molecule has 0 radical (unpaired) electrons. The van der Waals surface area contributed by atoms with Crippen LogP contribution in [-0.2, 0) is 0 Å². The number of hydrogen-bond acceptors (Lipinski definition) is 5. The number of hydrogen-bond donors (Lipinski definition) is 3. The van der Waals surface area contributed by atoms with Crippen molar-refractivity contribution in [2.24, 2.45) is 0 Å². The molecule has 0 saturated carbocycles. The SMILES string of the molecule is CCC(C)(O)CNc1nc2ccc(N)cc2o1. The van der Waals surface area contributed by atoms with Crippen LogP contribution in [0.2, 0.25) is 0 Å². The van der Waals surface area contributed by atoms with Crippen LogP contribution in [0.5, 0.6) is 0 Å². The van der Waals surface area contributed by atoms with E-state index in [-0.39, 0.29) is 0 Å². The molecule has 17 heavy (non-hydrogen) atoms. The number of nitrogens with one attached hydrogen (secondary N) is 1. The summed E-state index contributed by atoms with van der Waals surface area (Å²) in [5.41, 5.74) is 6.92. The molecule has 5 nitrogen and oxygen atoms in total. The second kappa shape index (κ2) is 4.25. The normalized spacial score (nSPS) is 14.8. The van der Waals surface area contributed by atoms with Crippen molar-refractivity contribution in [2.75, 3.05) is 17.6 Å². The van der Waals surface area contributed by atoms with Gasteiger partial charge < -0.3 is 20.6 Å². The summed E-state index contributed by atoms with van der Waals surface area (Å²) < 4.78 is 5.48. The van der Waals surface area contributed by atoms with E-state index < -0.39 is 5.60 Å². The van der Waals surface area contributed by atoms with E-state index in [4.69, 9.17) is 10.2 Å². The summed E-state index contributed by atoms with van der Waals surface area (Å²) in [4.78, 5) is 4.25. The van der Waals surface area contributed by atoms with Crippen molar-refractivity contribution in [3.05, 3.63) is 18.2 Å². The molecular formula is C12H17N3O2. The smallest absolute Gasteiger partial charge is 0.295 e. The number of rotatable bonds is 4. The maximum Gasteiger partial charge on any atom is 0.295 e. The minimum atomic E-state index is -0.764. The number of aromatic nitrogens is 1. The highest BCUT2D eigenvalue weighted by molar-refractivity contribution is 5.78. The molecule has 0 aliphatic heterocycles. The number of fused-ring (bicyclic) bond motifs is 1. The number of aliphatic hydroxyl groups is 1. The number of anilines is 2. The Hall–Kier alpha value is -1.75. The molecule has 5 heteroatoms. The minimum Gasteiger partial charge on any atom is -0.423 e. The Bertz CT molecular complexity index is 519. The van der Waals surface area contributed by atoms with E-state index in [2.05, 4.69) is 10.3 Å². The van der Waals surface area contributed by atoms with Crippen molar-refractivity contribution < 1.29 is 9.52 Å². The third-order valence-electron chi connectivity index (χ3n) is 2.79. The van der Waals surface area contributed by atoms with Gasteiger partial charge in [0, 0.05) is 18.3 Å². The molecule has 1 aromatic heterocycles. The van der Waals surface area contributed by atoms with Crippen LogP contribution >= 0.6 is 0 Å². The zero-order valence-electron chi connectivity index (χ0n) is 10.0. The molecular weight excluding hydrogens is 218 g/mol. The summed E-state index contributed by atoms with van der Waals surface area (Å²) in [6, 6.07) is 5.71. The van der Waals surface area contributed by atoms with Gasteiger partial charge in [0.15, 0.2) is 5.58 Å². The molecule has 1 atom stereocenters. The number of nitrogen functional groups attached to an aromatic ring is 1. The highest BCUT2D eigenvalue weighted by Gasteiger charge is 2.18. The Kier molecular flexibility index (Phi) is 2.93. The van der Waals surface area contributed by atoms with Crippen molar-refractivity contribution in [3.8, 4) is 0 Å². The van der Waals surface area contributed by atoms with Gasteiger partial charge in [0.1, 0.15) is 5.52 Å². The zero-order chi connectivity index (χ0) is 12.5. The van der Waals surface area contributed by atoms with E-state index in [0.29, 0.717) is 30.3 Å².